The lowest BCUT2D eigenvalue weighted by Gasteiger charge is -1.98. The summed E-state index contributed by atoms with van der Waals surface area (Å²) in [5, 5.41) is 0. The third kappa shape index (κ3) is 5.99. The van der Waals surface area contributed by atoms with E-state index in [1.807, 2.05) is 48.6 Å². The maximum atomic E-state index is 11.0. The van der Waals surface area contributed by atoms with Crippen LogP contribution in [0.5, 0.6) is 0 Å². The second-order valence-electron chi connectivity index (χ2n) is 3.21. The van der Waals surface area contributed by atoms with E-state index in [4.69, 9.17) is 10.5 Å². The lowest BCUT2D eigenvalue weighted by molar-refractivity contribution is -0.114. The first-order valence-electron chi connectivity index (χ1n) is 5.25. The summed E-state index contributed by atoms with van der Waals surface area (Å²) in [6.45, 7) is 0.397. The van der Waals surface area contributed by atoms with Gasteiger partial charge in [0.05, 0.1) is 11.8 Å². The molecule has 0 aromatic carbocycles. The molecule has 0 radical (unpaired) electrons. The average molecular weight is 229 g/mol. The normalized spacial score (nSPS) is 28.6. The minimum atomic E-state index is -0.513. The zero-order chi connectivity index (χ0) is 12.3. The molecule has 0 unspecified atom stereocenters. The fourth-order valence-corrected chi connectivity index (χ4v) is 1.05. The van der Waals surface area contributed by atoms with Gasteiger partial charge in [0.1, 0.15) is 6.61 Å². The Morgan fingerprint density at radius 2 is 1.59 bits per heavy atom. The highest BCUT2D eigenvalue weighted by atomic mass is 16.5. The summed E-state index contributed by atoms with van der Waals surface area (Å²) in [6, 6.07) is 0. The molecule has 0 spiro atoms. The summed E-state index contributed by atoms with van der Waals surface area (Å²) in [4.78, 5) is 11.0. The van der Waals surface area contributed by atoms with E-state index in [2.05, 4.69) is 0 Å². The Bertz CT molecular complexity index is 424. The summed E-state index contributed by atoms with van der Waals surface area (Å²) in [7, 11) is 0. The topological polar surface area (TPSA) is 52.3 Å². The molecule has 88 valence electrons. The van der Waals surface area contributed by atoms with Crippen molar-refractivity contribution in [1.82, 2.24) is 0 Å². The summed E-state index contributed by atoms with van der Waals surface area (Å²) in [5.41, 5.74) is 5.53. The van der Waals surface area contributed by atoms with Crippen molar-refractivity contribution >= 4 is 5.91 Å². The maximum Gasteiger partial charge on any atom is 0.251 e. The molecule has 0 atom stereocenters. The molecule has 3 nitrogen and oxygen atoms in total. The molecular formula is C14H15NO2. The SMILES string of the molecule is NC(=O)C1=C\OC\C=C/C=C/C=C/C=C/C=C/1. The zero-order valence-electron chi connectivity index (χ0n) is 9.45. The summed E-state index contributed by atoms with van der Waals surface area (Å²) in [5.74, 6) is -0.513. The van der Waals surface area contributed by atoms with E-state index in [0.717, 1.165) is 0 Å². The molecule has 2 N–H and O–H groups in total. The van der Waals surface area contributed by atoms with Crippen molar-refractivity contribution in [1.29, 1.82) is 0 Å². The van der Waals surface area contributed by atoms with Crippen molar-refractivity contribution in [3.8, 4) is 0 Å². The largest absolute Gasteiger partial charge is 0.496 e. The number of carbonyl (C=O) groups is 1. The van der Waals surface area contributed by atoms with Crippen molar-refractivity contribution in [2.45, 2.75) is 0 Å². The van der Waals surface area contributed by atoms with Gasteiger partial charge in [-0.25, -0.2) is 0 Å². The molecule has 0 aromatic rings. The van der Waals surface area contributed by atoms with Crippen molar-refractivity contribution in [2.24, 2.45) is 5.73 Å². The van der Waals surface area contributed by atoms with Crippen molar-refractivity contribution in [3.63, 3.8) is 0 Å². The Hall–Kier alpha value is -2.29. The van der Waals surface area contributed by atoms with Crippen molar-refractivity contribution < 1.29 is 9.53 Å². The summed E-state index contributed by atoms with van der Waals surface area (Å²) >= 11 is 0. The van der Waals surface area contributed by atoms with Crippen molar-refractivity contribution in [2.75, 3.05) is 6.61 Å². The Morgan fingerprint density at radius 1 is 1.00 bits per heavy atom. The van der Waals surface area contributed by atoms with Crippen LogP contribution in [-0.4, -0.2) is 12.5 Å². The highest BCUT2D eigenvalue weighted by Crippen LogP contribution is 1.98. The van der Waals surface area contributed by atoms with Crippen LogP contribution in [0.2, 0.25) is 0 Å². The highest BCUT2D eigenvalue weighted by molar-refractivity contribution is 5.94. The summed E-state index contributed by atoms with van der Waals surface area (Å²) < 4.78 is 5.18. The molecule has 0 saturated heterocycles. The van der Waals surface area contributed by atoms with Crippen LogP contribution in [0.25, 0.3) is 0 Å². The number of allylic oxidation sites excluding steroid dienone is 8. The first kappa shape index (κ1) is 12.8. The van der Waals surface area contributed by atoms with Crippen LogP contribution in [0.15, 0.2) is 72.6 Å². The Morgan fingerprint density at radius 3 is 2.24 bits per heavy atom. The molecule has 1 amide bonds. The number of ether oxygens (including phenoxy) is 1. The fourth-order valence-electron chi connectivity index (χ4n) is 1.05. The fraction of sp³-hybridized carbons (Fsp3) is 0.0714. The second kappa shape index (κ2) is 7.93. The lowest BCUT2D eigenvalue weighted by atomic mass is 10.2. The molecule has 0 fully saturated rings. The molecule has 0 aromatic heterocycles. The molecule has 0 saturated carbocycles. The van der Waals surface area contributed by atoms with E-state index < -0.39 is 5.91 Å². The van der Waals surface area contributed by atoms with Gasteiger partial charge in [-0.1, -0.05) is 48.6 Å². The van der Waals surface area contributed by atoms with Gasteiger partial charge in [-0.3, -0.25) is 4.79 Å². The zero-order valence-corrected chi connectivity index (χ0v) is 9.45. The van der Waals surface area contributed by atoms with Crippen LogP contribution in [0.4, 0.5) is 0 Å². The maximum absolute atomic E-state index is 11.0. The second-order valence-corrected chi connectivity index (χ2v) is 3.21. The molecule has 1 aliphatic rings. The highest BCUT2D eigenvalue weighted by Gasteiger charge is 1.99. The molecule has 1 aliphatic heterocycles. The molecule has 17 heavy (non-hydrogen) atoms. The molecular weight excluding hydrogens is 214 g/mol. The van der Waals surface area contributed by atoms with E-state index in [1.54, 1.807) is 12.2 Å². The first-order valence-corrected chi connectivity index (χ1v) is 5.25. The number of primary amides is 1. The number of amides is 1. The van der Waals surface area contributed by atoms with Gasteiger partial charge in [0.25, 0.3) is 5.91 Å². The van der Waals surface area contributed by atoms with Crippen LogP contribution in [0.3, 0.4) is 0 Å². The van der Waals surface area contributed by atoms with Crippen molar-refractivity contribution in [3.05, 3.63) is 72.6 Å². The van der Waals surface area contributed by atoms with Gasteiger partial charge in [-0.2, -0.15) is 0 Å². The minimum Gasteiger partial charge on any atom is -0.496 e. The standard InChI is InChI=1S/C14H15NO2/c15-14(16)13-10-8-6-4-2-1-3-5-7-9-11-17-12-13/h1-10,12H,11H2,(H2,15,16)/b2-1+,5-3+,6-4+,9-7-,10-8+,13-12+. The number of carbonyl (C=O) groups excluding carboxylic acids is 1. The minimum absolute atomic E-state index is 0.333. The molecule has 0 aliphatic carbocycles. The third-order valence-corrected chi connectivity index (χ3v) is 1.88. The number of nitrogens with two attached hydrogens (primary N) is 1. The average Bonchev–Trinajstić information content (AvgIpc) is 2.31. The van der Waals surface area contributed by atoms with Crippen LogP contribution >= 0.6 is 0 Å². The van der Waals surface area contributed by atoms with Crippen LogP contribution < -0.4 is 5.73 Å². The van der Waals surface area contributed by atoms with E-state index in [1.165, 1.54) is 6.26 Å². The monoisotopic (exact) mass is 229 g/mol. The smallest absolute Gasteiger partial charge is 0.251 e. The van der Waals surface area contributed by atoms with Gasteiger partial charge in [0, 0.05) is 0 Å². The van der Waals surface area contributed by atoms with Gasteiger partial charge in [0.2, 0.25) is 0 Å². The lowest BCUT2D eigenvalue weighted by Crippen LogP contribution is -2.12. The predicted molar refractivity (Wildman–Crippen MR) is 68.9 cm³/mol. The third-order valence-electron chi connectivity index (χ3n) is 1.88. The summed E-state index contributed by atoms with van der Waals surface area (Å²) in [6.07, 6.45) is 19.7. The first-order chi connectivity index (χ1) is 8.30. The van der Waals surface area contributed by atoms with Gasteiger partial charge in [0.15, 0.2) is 0 Å². The van der Waals surface area contributed by atoms with Crippen LogP contribution in [0.1, 0.15) is 0 Å². The van der Waals surface area contributed by atoms with E-state index in [0.29, 0.717) is 12.2 Å². The van der Waals surface area contributed by atoms with Gasteiger partial charge in [-0.05, 0) is 12.2 Å². The molecule has 1 heterocycles. The molecule has 1 rings (SSSR count). The van der Waals surface area contributed by atoms with E-state index in [-0.39, 0.29) is 0 Å². The Labute approximate surface area is 101 Å². The quantitative estimate of drug-likeness (QED) is 0.749. The van der Waals surface area contributed by atoms with E-state index >= 15 is 0 Å². The Balaban J connectivity index is 2.80. The van der Waals surface area contributed by atoms with Gasteiger partial charge < -0.3 is 10.5 Å². The number of hydrogen-bond donors (Lipinski definition) is 1. The number of rotatable bonds is 1. The number of hydrogen-bond acceptors (Lipinski definition) is 2. The Kier molecular flexibility index (Phi) is 5.96. The van der Waals surface area contributed by atoms with E-state index in [9.17, 15) is 4.79 Å². The molecule has 0 bridgehead atoms. The van der Waals surface area contributed by atoms with Gasteiger partial charge >= 0.3 is 0 Å². The predicted octanol–water partition coefficient (Wildman–Crippen LogP) is 2.17. The van der Waals surface area contributed by atoms with Crippen LogP contribution in [-0.2, 0) is 9.53 Å². The van der Waals surface area contributed by atoms with Crippen LogP contribution in [0, 0.1) is 0 Å². The van der Waals surface area contributed by atoms with Gasteiger partial charge in [-0.15, -0.1) is 0 Å². The molecule has 3 heteroatoms.